The van der Waals surface area contributed by atoms with Gasteiger partial charge in [0.05, 0.1) is 13.2 Å². The summed E-state index contributed by atoms with van der Waals surface area (Å²) in [5, 5.41) is 19.2. The first-order valence-electron chi connectivity index (χ1n) is 15.3. The van der Waals surface area contributed by atoms with E-state index in [0.717, 1.165) is 48.3 Å². The number of ether oxygens (including phenoxy) is 2. The van der Waals surface area contributed by atoms with E-state index in [9.17, 15) is 10.2 Å². The van der Waals surface area contributed by atoms with Crippen LogP contribution in [0.1, 0.15) is 119 Å². The van der Waals surface area contributed by atoms with Crippen LogP contribution in [0.5, 0.6) is 11.5 Å². The zero-order chi connectivity index (χ0) is 27.1. The van der Waals surface area contributed by atoms with Crippen molar-refractivity contribution in [1.29, 1.82) is 0 Å². The number of aryl methyl sites for hydroxylation is 2. The van der Waals surface area contributed by atoms with Gasteiger partial charge in [0.15, 0.2) is 0 Å². The predicted octanol–water partition coefficient (Wildman–Crippen LogP) is 8.20. The Morgan fingerprint density at radius 1 is 0.553 bits per heavy atom. The third-order valence-electron chi connectivity index (χ3n) is 8.34. The van der Waals surface area contributed by atoms with Gasteiger partial charge in [-0.05, 0) is 37.8 Å². The van der Waals surface area contributed by atoms with Crippen molar-refractivity contribution in [2.45, 2.75) is 116 Å². The molecule has 0 bridgehead atoms. The fraction of sp³-hybridized carbons (Fsp3) is 0.647. The van der Waals surface area contributed by atoms with Crippen LogP contribution in [0, 0.1) is 13.8 Å². The summed E-state index contributed by atoms with van der Waals surface area (Å²) in [5.74, 6) is 1.82. The molecule has 1 saturated carbocycles. The minimum Gasteiger partial charge on any atom is -0.491 e. The summed E-state index contributed by atoms with van der Waals surface area (Å²) in [6, 6.07) is 13.0. The van der Waals surface area contributed by atoms with Crippen molar-refractivity contribution >= 4 is 0 Å². The highest BCUT2D eigenvalue weighted by Crippen LogP contribution is 2.50. The lowest BCUT2D eigenvalue weighted by Crippen LogP contribution is -2.30. The summed E-state index contributed by atoms with van der Waals surface area (Å²) in [7, 11) is 0. The van der Waals surface area contributed by atoms with Crippen molar-refractivity contribution in [3.05, 3.63) is 58.7 Å². The minimum atomic E-state index is -0.259. The molecule has 1 aliphatic rings. The number of para-hydroxylation sites is 2. The molecule has 212 valence electrons. The first-order valence-corrected chi connectivity index (χ1v) is 15.3. The van der Waals surface area contributed by atoms with Crippen LogP contribution < -0.4 is 9.47 Å². The Morgan fingerprint density at radius 3 is 1.24 bits per heavy atom. The smallest absolute Gasteiger partial charge is 0.126 e. The summed E-state index contributed by atoms with van der Waals surface area (Å²) in [5.41, 5.74) is 4.38. The number of benzene rings is 2. The highest BCUT2D eigenvalue weighted by atomic mass is 16.5. The van der Waals surface area contributed by atoms with E-state index in [4.69, 9.17) is 9.47 Å². The van der Waals surface area contributed by atoms with Gasteiger partial charge in [0.2, 0.25) is 0 Å². The molecule has 1 aliphatic carbocycles. The number of aliphatic hydroxyl groups is 2. The molecule has 2 N–H and O–H groups in total. The van der Waals surface area contributed by atoms with Crippen molar-refractivity contribution in [2.24, 2.45) is 0 Å². The maximum absolute atomic E-state index is 9.61. The van der Waals surface area contributed by atoms with E-state index in [0.29, 0.717) is 0 Å². The molecular weight excluding hydrogens is 472 g/mol. The summed E-state index contributed by atoms with van der Waals surface area (Å²) in [4.78, 5) is 0. The predicted molar refractivity (Wildman–Crippen MR) is 158 cm³/mol. The van der Waals surface area contributed by atoms with Crippen LogP contribution in [0.2, 0.25) is 0 Å². The van der Waals surface area contributed by atoms with Crippen molar-refractivity contribution < 1.29 is 19.7 Å². The SMILES string of the molecule is Cc1cccc(C2(c3cccc(C)c3OCCO)CCCCCCCCCCCCCCC2)c1OCCO. The lowest BCUT2D eigenvalue weighted by molar-refractivity contribution is 0.193. The zero-order valence-corrected chi connectivity index (χ0v) is 24.1. The lowest BCUT2D eigenvalue weighted by Gasteiger charge is -2.39. The van der Waals surface area contributed by atoms with Crippen molar-refractivity contribution in [1.82, 2.24) is 0 Å². The van der Waals surface area contributed by atoms with Gasteiger partial charge in [-0.25, -0.2) is 0 Å². The van der Waals surface area contributed by atoms with E-state index in [1.165, 1.54) is 81.8 Å². The maximum Gasteiger partial charge on any atom is 0.126 e. The molecule has 0 amide bonds. The van der Waals surface area contributed by atoms with Crippen molar-refractivity contribution in [3.8, 4) is 11.5 Å². The van der Waals surface area contributed by atoms with Gasteiger partial charge in [-0.15, -0.1) is 0 Å². The molecule has 2 aromatic carbocycles. The standard InChI is InChI=1S/C34H52O4/c1-28-18-16-20-30(32(28)37-26-24-35)34(31-21-17-19-29(2)33(31)38-27-25-36)22-14-12-10-8-6-4-3-5-7-9-11-13-15-23-34/h16-21,35-36H,3-15,22-27H2,1-2H3. The third kappa shape index (κ3) is 8.48. The second-order valence-corrected chi connectivity index (χ2v) is 11.2. The molecule has 2 aromatic rings. The van der Waals surface area contributed by atoms with E-state index in [2.05, 4.69) is 50.2 Å². The number of hydrogen-bond donors (Lipinski definition) is 2. The Morgan fingerprint density at radius 2 is 0.895 bits per heavy atom. The Balaban J connectivity index is 2.11. The van der Waals surface area contributed by atoms with Gasteiger partial charge in [-0.2, -0.15) is 0 Å². The van der Waals surface area contributed by atoms with E-state index < -0.39 is 0 Å². The molecule has 0 aliphatic heterocycles. The third-order valence-corrected chi connectivity index (χ3v) is 8.34. The van der Waals surface area contributed by atoms with Crippen LogP contribution in [-0.2, 0) is 5.41 Å². The molecule has 4 nitrogen and oxygen atoms in total. The molecule has 3 rings (SSSR count). The molecule has 0 spiro atoms. The normalized spacial score (nSPS) is 18.1. The highest BCUT2D eigenvalue weighted by molar-refractivity contribution is 5.56. The molecule has 0 saturated heterocycles. The molecule has 4 heteroatoms. The van der Waals surface area contributed by atoms with Gasteiger partial charge in [-0.1, -0.05) is 120 Å². The summed E-state index contributed by atoms with van der Waals surface area (Å²) in [6.07, 6.45) is 19.0. The summed E-state index contributed by atoms with van der Waals surface area (Å²) in [6.45, 7) is 4.79. The van der Waals surface area contributed by atoms with Gasteiger partial charge in [0.1, 0.15) is 24.7 Å². The molecule has 0 unspecified atom stereocenters. The van der Waals surface area contributed by atoms with E-state index in [1.807, 2.05) is 0 Å². The summed E-state index contributed by atoms with van der Waals surface area (Å²) >= 11 is 0. The van der Waals surface area contributed by atoms with Crippen LogP contribution in [0.3, 0.4) is 0 Å². The highest BCUT2D eigenvalue weighted by Gasteiger charge is 2.39. The van der Waals surface area contributed by atoms with Crippen LogP contribution in [-0.4, -0.2) is 36.6 Å². The molecule has 0 heterocycles. The Labute approximate surface area is 231 Å². The Kier molecular flexibility index (Phi) is 13.5. The van der Waals surface area contributed by atoms with Crippen molar-refractivity contribution in [2.75, 3.05) is 26.4 Å². The first kappa shape index (κ1) is 30.5. The lowest BCUT2D eigenvalue weighted by atomic mass is 9.66. The largest absolute Gasteiger partial charge is 0.491 e. The maximum atomic E-state index is 9.61. The van der Waals surface area contributed by atoms with Gasteiger partial charge in [0.25, 0.3) is 0 Å². The Hall–Kier alpha value is -2.04. The molecule has 0 atom stereocenters. The number of rotatable bonds is 8. The van der Waals surface area contributed by atoms with Gasteiger partial charge >= 0.3 is 0 Å². The zero-order valence-electron chi connectivity index (χ0n) is 24.1. The minimum absolute atomic E-state index is 0.00389. The second-order valence-electron chi connectivity index (χ2n) is 11.2. The monoisotopic (exact) mass is 524 g/mol. The number of aliphatic hydroxyl groups excluding tert-OH is 2. The molecule has 0 radical (unpaired) electrons. The second kappa shape index (κ2) is 16.8. The van der Waals surface area contributed by atoms with E-state index in [-0.39, 0.29) is 31.8 Å². The van der Waals surface area contributed by atoms with Crippen LogP contribution in [0.15, 0.2) is 36.4 Å². The molecule has 38 heavy (non-hydrogen) atoms. The Bertz CT molecular complexity index is 863. The van der Waals surface area contributed by atoms with Gasteiger partial charge in [0, 0.05) is 16.5 Å². The average molecular weight is 525 g/mol. The molecular formula is C34H52O4. The number of hydrogen-bond acceptors (Lipinski definition) is 4. The van der Waals surface area contributed by atoms with Crippen LogP contribution in [0.25, 0.3) is 0 Å². The van der Waals surface area contributed by atoms with Gasteiger partial charge in [-0.3, -0.25) is 0 Å². The topological polar surface area (TPSA) is 58.9 Å². The van der Waals surface area contributed by atoms with Crippen LogP contribution in [0.4, 0.5) is 0 Å². The van der Waals surface area contributed by atoms with Crippen molar-refractivity contribution in [3.63, 3.8) is 0 Å². The van der Waals surface area contributed by atoms with Gasteiger partial charge < -0.3 is 19.7 Å². The fourth-order valence-corrected chi connectivity index (χ4v) is 6.34. The molecule has 1 fully saturated rings. The average Bonchev–Trinajstić information content (AvgIpc) is 2.92. The first-order chi connectivity index (χ1) is 18.6. The van der Waals surface area contributed by atoms with Crippen LogP contribution >= 0.6 is 0 Å². The quantitative estimate of drug-likeness (QED) is 0.365. The fourth-order valence-electron chi connectivity index (χ4n) is 6.34. The molecule has 0 aromatic heterocycles. The van der Waals surface area contributed by atoms with E-state index in [1.54, 1.807) is 0 Å². The van der Waals surface area contributed by atoms with E-state index >= 15 is 0 Å². The summed E-state index contributed by atoms with van der Waals surface area (Å²) < 4.78 is 12.6.